The van der Waals surface area contributed by atoms with Gasteiger partial charge >= 0.3 is 6.36 Å². The van der Waals surface area contributed by atoms with Crippen LogP contribution in [0.15, 0.2) is 79.1 Å². The third-order valence-electron chi connectivity index (χ3n) is 4.15. The van der Waals surface area contributed by atoms with Gasteiger partial charge in [-0.15, -0.1) is 23.4 Å². The number of hydrogen-bond donors (Lipinski definition) is 2. The van der Waals surface area contributed by atoms with Crippen LogP contribution in [-0.4, -0.2) is 32.2 Å². The lowest BCUT2D eigenvalue weighted by atomic mass is 10.2. The number of nitrogens with one attached hydrogen (secondary N) is 2. The highest BCUT2D eigenvalue weighted by Crippen LogP contribution is 2.23. The van der Waals surface area contributed by atoms with Crippen molar-refractivity contribution in [3.63, 3.8) is 0 Å². The lowest BCUT2D eigenvalue weighted by molar-refractivity contribution is -0.274. The van der Waals surface area contributed by atoms with Gasteiger partial charge in [-0.1, -0.05) is 0 Å². The third kappa shape index (κ3) is 5.39. The van der Waals surface area contributed by atoms with E-state index in [1.54, 1.807) is 59.5 Å². The predicted molar refractivity (Wildman–Crippen MR) is 110 cm³/mol. The highest BCUT2D eigenvalue weighted by atomic mass is 19.4. The molecule has 0 spiro atoms. The zero-order valence-corrected chi connectivity index (χ0v) is 16.2. The summed E-state index contributed by atoms with van der Waals surface area (Å²) in [5.41, 5.74) is 1.42. The molecule has 0 aliphatic rings. The first-order chi connectivity index (χ1) is 15.4. The SMILES string of the molecule is O=C(Nc1ccc(Nc2ccc(-n3cccn3)nn2)cc1)c1ccc(OC(F)(F)F)cc1. The number of carbonyl (C=O) groups excluding carboxylic acids is 1. The van der Waals surface area contributed by atoms with Gasteiger partial charge in [0, 0.05) is 29.3 Å². The third-order valence-corrected chi connectivity index (χ3v) is 4.15. The number of ether oxygens (including phenoxy) is 1. The summed E-state index contributed by atoms with van der Waals surface area (Å²) in [6, 6.07) is 16.8. The van der Waals surface area contributed by atoms with Crippen molar-refractivity contribution in [1.82, 2.24) is 20.0 Å². The minimum absolute atomic E-state index is 0.189. The molecule has 0 aliphatic carbocycles. The molecule has 0 unspecified atom stereocenters. The normalized spacial score (nSPS) is 11.1. The molecule has 2 N–H and O–H groups in total. The molecule has 162 valence electrons. The average molecular weight is 440 g/mol. The topological polar surface area (TPSA) is 94.0 Å². The number of benzene rings is 2. The van der Waals surface area contributed by atoms with Crippen molar-refractivity contribution >= 4 is 23.1 Å². The largest absolute Gasteiger partial charge is 0.573 e. The number of hydrogen-bond acceptors (Lipinski definition) is 6. The van der Waals surface area contributed by atoms with E-state index in [-0.39, 0.29) is 5.56 Å². The molecule has 0 atom stereocenters. The number of alkyl halides is 3. The Bertz CT molecular complexity index is 1180. The first-order valence-corrected chi connectivity index (χ1v) is 9.24. The Morgan fingerprint density at radius 2 is 1.62 bits per heavy atom. The molecule has 0 bridgehead atoms. The van der Waals surface area contributed by atoms with E-state index in [1.165, 1.54) is 12.1 Å². The maximum absolute atomic E-state index is 12.3. The Hall–Kier alpha value is -4.41. The summed E-state index contributed by atoms with van der Waals surface area (Å²) in [5.74, 6) is 0.241. The Morgan fingerprint density at radius 1 is 0.906 bits per heavy atom. The van der Waals surface area contributed by atoms with Gasteiger partial charge in [0.15, 0.2) is 11.6 Å². The van der Waals surface area contributed by atoms with E-state index in [9.17, 15) is 18.0 Å². The van der Waals surface area contributed by atoms with Crippen molar-refractivity contribution in [2.75, 3.05) is 10.6 Å². The molecule has 1 amide bonds. The number of anilines is 3. The summed E-state index contributed by atoms with van der Waals surface area (Å²) in [4.78, 5) is 12.3. The summed E-state index contributed by atoms with van der Waals surface area (Å²) >= 11 is 0. The van der Waals surface area contributed by atoms with Crippen molar-refractivity contribution in [3.05, 3.63) is 84.7 Å². The zero-order chi connectivity index (χ0) is 22.6. The van der Waals surface area contributed by atoms with Gasteiger partial charge in [-0.2, -0.15) is 5.10 Å². The number of halogens is 3. The van der Waals surface area contributed by atoms with E-state index in [1.807, 2.05) is 0 Å². The van der Waals surface area contributed by atoms with E-state index in [2.05, 4.69) is 30.7 Å². The van der Waals surface area contributed by atoms with Gasteiger partial charge in [-0.3, -0.25) is 4.79 Å². The summed E-state index contributed by atoms with van der Waals surface area (Å²) in [6.45, 7) is 0. The quantitative estimate of drug-likeness (QED) is 0.457. The van der Waals surface area contributed by atoms with Crippen LogP contribution in [0.5, 0.6) is 5.75 Å². The van der Waals surface area contributed by atoms with Crippen LogP contribution < -0.4 is 15.4 Å². The van der Waals surface area contributed by atoms with Crippen molar-refractivity contribution in [2.45, 2.75) is 6.36 Å². The second-order valence-corrected chi connectivity index (χ2v) is 6.46. The second kappa shape index (κ2) is 8.76. The fourth-order valence-corrected chi connectivity index (χ4v) is 2.71. The Balaban J connectivity index is 1.35. The van der Waals surface area contributed by atoms with Crippen LogP contribution in [0.3, 0.4) is 0 Å². The molecule has 2 aromatic carbocycles. The summed E-state index contributed by atoms with van der Waals surface area (Å²) in [5, 5.41) is 18.0. The van der Waals surface area contributed by atoms with Crippen molar-refractivity contribution in [3.8, 4) is 11.6 Å². The second-order valence-electron chi connectivity index (χ2n) is 6.46. The van der Waals surface area contributed by atoms with Crippen LogP contribution in [0.4, 0.5) is 30.4 Å². The van der Waals surface area contributed by atoms with Crippen LogP contribution in [0.25, 0.3) is 5.82 Å². The first kappa shape index (κ1) is 20.8. The first-order valence-electron chi connectivity index (χ1n) is 9.24. The van der Waals surface area contributed by atoms with Crippen LogP contribution >= 0.6 is 0 Å². The number of aromatic nitrogens is 4. The maximum atomic E-state index is 12.3. The molecule has 2 heterocycles. The molecule has 4 rings (SSSR count). The molecule has 8 nitrogen and oxygen atoms in total. The van der Waals surface area contributed by atoms with Gasteiger partial charge in [-0.25, -0.2) is 4.68 Å². The fraction of sp³-hybridized carbons (Fsp3) is 0.0476. The Morgan fingerprint density at radius 3 is 2.22 bits per heavy atom. The van der Waals surface area contributed by atoms with Crippen molar-refractivity contribution < 1.29 is 22.7 Å². The van der Waals surface area contributed by atoms with Crippen LogP contribution in [0.1, 0.15) is 10.4 Å². The number of amides is 1. The minimum atomic E-state index is -4.78. The zero-order valence-electron chi connectivity index (χ0n) is 16.2. The molecule has 0 radical (unpaired) electrons. The molecular formula is C21H15F3N6O2. The van der Waals surface area contributed by atoms with Gasteiger partial charge in [0.2, 0.25) is 0 Å². The van der Waals surface area contributed by atoms with E-state index in [0.29, 0.717) is 17.3 Å². The number of rotatable bonds is 6. The monoisotopic (exact) mass is 440 g/mol. The molecule has 4 aromatic rings. The molecule has 2 aromatic heterocycles. The summed E-state index contributed by atoms with van der Waals surface area (Å²) < 4.78 is 42.0. The molecule has 0 aliphatic heterocycles. The number of nitrogens with zero attached hydrogens (tertiary/aromatic N) is 4. The molecule has 0 saturated carbocycles. The van der Waals surface area contributed by atoms with Gasteiger partial charge in [-0.05, 0) is 66.7 Å². The summed E-state index contributed by atoms with van der Waals surface area (Å²) in [6.07, 6.45) is -1.38. The van der Waals surface area contributed by atoms with E-state index >= 15 is 0 Å². The molecule has 32 heavy (non-hydrogen) atoms. The maximum Gasteiger partial charge on any atom is 0.573 e. The lowest BCUT2D eigenvalue weighted by Gasteiger charge is -2.10. The van der Waals surface area contributed by atoms with Gasteiger partial charge in [0.25, 0.3) is 5.91 Å². The van der Waals surface area contributed by atoms with E-state index in [0.717, 1.165) is 17.8 Å². The van der Waals surface area contributed by atoms with E-state index < -0.39 is 18.0 Å². The lowest BCUT2D eigenvalue weighted by Crippen LogP contribution is -2.17. The highest BCUT2D eigenvalue weighted by molar-refractivity contribution is 6.04. The van der Waals surface area contributed by atoms with Gasteiger partial charge in [0.05, 0.1) is 0 Å². The predicted octanol–water partition coefficient (Wildman–Crippen LogP) is 4.56. The Kier molecular flexibility index (Phi) is 5.71. The van der Waals surface area contributed by atoms with E-state index in [4.69, 9.17) is 0 Å². The van der Waals surface area contributed by atoms with Gasteiger partial charge in [0.1, 0.15) is 5.75 Å². The highest BCUT2D eigenvalue weighted by Gasteiger charge is 2.31. The molecule has 0 fully saturated rings. The minimum Gasteiger partial charge on any atom is -0.406 e. The van der Waals surface area contributed by atoms with Crippen LogP contribution in [0, 0.1) is 0 Å². The van der Waals surface area contributed by atoms with Crippen LogP contribution in [-0.2, 0) is 0 Å². The van der Waals surface area contributed by atoms with Crippen LogP contribution in [0.2, 0.25) is 0 Å². The van der Waals surface area contributed by atoms with Crippen molar-refractivity contribution in [1.29, 1.82) is 0 Å². The standard InChI is InChI=1S/C21H15F3N6O2/c22-21(23,24)32-17-8-2-14(3-9-17)20(31)27-16-6-4-15(5-7-16)26-18-10-11-19(29-28-18)30-13-1-12-25-30/h1-13H,(H,26,28)(H,27,31). The molecule has 0 saturated heterocycles. The molecule has 11 heteroatoms. The number of carbonyl (C=O) groups is 1. The molecular weight excluding hydrogens is 425 g/mol. The fourth-order valence-electron chi connectivity index (χ4n) is 2.71. The average Bonchev–Trinajstić information content (AvgIpc) is 3.30. The van der Waals surface area contributed by atoms with Crippen molar-refractivity contribution in [2.24, 2.45) is 0 Å². The summed E-state index contributed by atoms with van der Waals surface area (Å²) in [7, 11) is 0. The smallest absolute Gasteiger partial charge is 0.406 e. The Labute approximate surface area is 179 Å². The van der Waals surface area contributed by atoms with Gasteiger partial charge < -0.3 is 15.4 Å².